The molecule has 2 heteroatoms. The molecule has 0 unspecified atom stereocenters. The highest BCUT2D eigenvalue weighted by Gasteiger charge is 1.92. The van der Waals surface area contributed by atoms with Crippen LogP contribution >= 0.6 is 0 Å². The van der Waals surface area contributed by atoms with Crippen LogP contribution < -0.4 is 0 Å². The van der Waals surface area contributed by atoms with E-state index in [9.17, 15) is 0 Å². The summed E-state index contributed by atoms with van der Waals surface area (Å²) in [6.07, 6.45) is 8.88. The zero-order valence-corrected chi connectivity index (χ0v) is 5.83. The molecular weight excluding hydrogens is 126 g/mol. The van der Waals surface area contributed by atoms with Crippen molar-refractivity contribution in [1.82, 2.24) is 0 Å². The summed E-state index contributed by atoms with van der Waals surface area (Å²) >= 11 is 0. The summed E-state index contributed by atoms with van der Waals surface area (Å²) in [5, 5.41) is 8.45. The molecule has 0 atom stereocenters. The van der Waals surface area contributed by atoms with Gasteiger partial charge in [0.05, 0.1) is 13.2 Å². The first-order valence-electron chi connectivity index (χ1n) is 3.41. The Labute approximate surface area is 60.6 Å². The molecule has 0 heterocycles. The molecule has 1 aliphatic rings. The normalized spacial score (nSPS) is 20.3. The van der Waals surface area contributed by atoms with Crippen molar-refractivity contribution in [3.05, 3.63) is 24.3 Å². The van der Waals surface area contributed by atoms with Crippen LogP contribution in [-0.4, -0.2) is 24.0 Å². The predicted octanol–water partition coefficient (Wildman–Crippen LogP) is 0.936. The first-order chi connectivity index (χ1) is 4.93. The Bertz CT molecular complexity index is 180. The molecular formula is C8H11NO. The molecule has 0 aliphatic heterocycles. The molecule has 0 bridgehead atoms. The summed E-state index contributed by atoms with van der Waals surface area (Å²) in [4.78, 5) is 4.13. The molecule has 0 saturated carbocycles. The smallest absolute Gasteiger partial charge is 0.0627 e. The van der Waals surface area contributed by atoms with Gasteiger partial charge >= 0.3 is 0 Å². The molecule has 0 aromatic carbocycles. The lowest BCUT2D eigenvalue weighted by molar-refractivity contribution is 0.307. The van der Waals surface area contributed by atoms with E-state index in [0.29, 0.717) is 6.54 Å². The van der Waals surface area contributed by atoms with E-state index < -0.39 is 0 Å². The monoisotopic (exact) mass is 137 g/mol. The fourth-order valence-corrected chi connectivity index (χ4v) is 0.813. The fourth-order valence-electron chi connectivity index (χ4n) is 0.813. The molecule has 0 spiro atoms. The molecule has 0 aromatic heterocycles. The van der Waals surface area contributed by atoms with Gasteiger partial charge in [0.15, 0.2) is 0 Å². The van der Waals surface area contributed by atoms with Gasteiger partial charge in [-0.25, -0.2) is 0 Å². The van der Waals surface area contributed by atoms with E-state index in [-0.39, 0.29) is 6.61 Å². The van der Waals surface area contributed by atoms with Crippen LogP contribution in [0.3, 0.4) is 0 Å². The lowest BCUT2D eigenvalue weighted by Crippen LogP contribution is -1.98. The van der Waals surface area contributed by atoms with Crippen molar-refractivity contribution in [2.24, 2.45) is 4.99 Å². The van der Waals surface area contributed by atoms with E-state index in [4.69, 9.17) is 5.11 Å². The van der Waals surface area contributed by atoms with Crippen molar-refractivity contribution in [3.8, 4) is 0 Å². The fraction of sp³-hybridized carbons (Fsp3) is 0.375. The minimum absolute atomic E-state index is 0.140. The van der Waals surface area contributed by atoms with Gasteiger partial charge in [0.1, 0.15) is 0 Å². The molecule has 54 valence electrons. The van der Waals surface area contributed by atoms with E-state index in [1.165, 1.54) is 0 Å². The number of hydrogen-bond donors (Lipinski definition) is 1. The Morgan fingerprint density at radius 2 is 2.40 bits per heavy atom. The van der Waals surface area contributed by atoms with Gasteiger partial charge in [-0.2, -0.15) is 0 Å². The summed E-state index contributed by atoms with van der Waals surface area (Å²) in [7, 11) is 0. The summed E-state index contributed by atoms with van der Waals surface area (Å²) < 4.78 is 0. The van der Waals surface area contributed by atoms with Crippen molar-refractivity contribution < 1.29 is 5.11 Å². The first-order valence-corrected chi connectivity index (χ1v) is 3.41. The Balaban J connectivity index is 2.42. The van der Waals surface area contributed by atoms with Crippen molar-refractivity contribution >= 4 is 5.71 Å². The van der Waals surface area contributed by atoms with Gasteiger partial charge in [-0.15, -0.1) is 0 Å². The van der Waals surface area contributed by atoms with Crippen molar-refractivity contribution in [3.63, 3.8) is 0 Å². The molecule has 1 N–H and O–H groups in total. The molecule has 10 heavy (non-hydrogen) atoms. The number of aliphatic imine (C=N–C) groups is 1. The zero-order chi connectivity index (χ0) is 7.23. The van der Waals surface area contributed by atoms with E-state index in [1.54, 1.807) is 0 Å². The number of aliphatic hydroxyl groups is 1. The van der Waals surface area contributed by atoms with Crippen LogP contribution in [-0.2, 0) is 0 Å². The highest BCUT2D eigenvalue weighted by atomic mass is 16.3. The second kappa shape index (κ2) is 4.01. The lowest BCUT2D eigenvalue weighted by Gasteiger charge is -1.99. The second-order valence-electron chi connectivity index (χ2n) is 2.09. The van der Waals surface area contributed by atoms with Crippen LogP contribution in [0.25, 0.3) is 0 Å². The highest BCUT2D eigenvalue weighted by molar-refractivity contribution is 5.97. The summed E-state index contributed by atoms with van der Waals surface area (Å²) in [6.45, 7) is 0.661. The Morgan fingerprint density at radius 1 is 1.50 bits per heavy atom. The standard InChI is InChI=1S/C8H11NO/c10-7-6-9-8-4-2-1-3-5-8/h1-4,10H,5-7H2. The third-order valence-electron chi connectivity index (χ3n) is 1.28. The van der Waals surface area contributed by atoms with E-state index in [1.807, 2.05) is 18.2 Å². The van der Waals surface area contributed by atoms with Crippen LogP contribution in [0.5, 0.6) is 0 Å². The average molecular weight is 137 g/mol. The Morgan fingerprint density at radius 3 is 3.00 bits per heavy atom. The van der Waals surface area contributed by atoms with Crippen LogP contribution in [0.4, 0.5) is 0 Å². The molecule has 0 radical (unpaired) electrons. The minimum Gasteiger partial charge on any atom is -0.394 e. The predicted molar refractivity (Wildman–Crippen MR) is 42.3 cm³/mol. The first kappa shape index (κ1) is 7.22. The molecule has 0 amide bonds. The molecule has 1 aliphatic carbocycles. The summed E-state index contributed by atoms with van der Waals surface area (Å²) in [6, 6.07) is 0. The topological polar surface area (TPSA) is 32.6 Å². The average Bonchev–Trinajstić information content (AvgIpc) is 2.03. The maximum Gasteiger partial charge on any atom is 0.0627 e. The van der Waals surface area contributed by atoms with Crippen molar-refractivity contribution in [2.75, 3.05) is 13.2 Å². The lowest BCUT2D eigenvalue weighted by atomic mass is 10.1. The number of allylic oxidation sites excluding steroid dienone is 4. The van der Waals surface area contributed by atoms with Gasteiger partial charge in [-0.1, -0.05) is 18.2 Å². The van der Waals surface area contributed by atoms with Gasteiger partial charge in [0.2, 0.25) is 0 Å². The number of hydrogen-bond acceptors (Lipinski definition) is 2. The molecule has 0 fully saturated rings. The van der Waals surface area contributed by atoms with Gasteiger partial charge in [-0.05, 0) is 6.08 Å². The zero-order valence-electron chi connectivity index (χ0n) is 5.83. The maximum absolute atomic E-state index is 8.45. The summed E-state index contributed by atoms with van der Waals surface area (Å²) in [5.41, 5.74) is 1.05. The number of aliphatic hydroxyl groups excluding tert-OH is 1. The van der Waals surface area contributed by atoms with Crippen LogP contribution in [0, 0.1) is 0 Å². The maximum atomic E-state index is 8.45. The number of rotatable bonds is 2. The van der Waals surface area contributed by atoms with Gasteiger partial charge in [0.25, 0.3) is 0 Å². The van der Waals surface area contributed by atoms with Crippen molar-refractivity contribution in [2.45, 2.75) is 6.42 Å². The second-order valence-corrected chi connectivity index (χ2v) is 2.09. The third-order valence-corrected chi connectivity index (χ3v) is 1.28. The molecule has 2 nitrogen and oxygen atoms in total. The van der Waals surface area contributed by atoms with Crippen LogP contribution in [0.1, 0.15) is 6.42 Å². The van der Waals surface area contributed by atoms with Crippen molar-refractivity contribution in [1.29, 1.82) is 0 Å². The third kappa shape index (κ3) is 2.15. The van der Waals surface area contributed by atoms with E-state index >= 15 is 0 Å². The highest BCUT2D eigenvalue weighted by Crippen LogP contribution is 1.98. The molecule has 0 aromatic rings. The number of nitrogens with zero attached hydrogens (tertiary/aromatic N) is 1. The Kier molecular flexibility index (Phi) is 2.90. The Hall–Kier alpha value is -0.890. The minimum atomic E-state index is 0.140. The van der Waals surface area contributed by atoms with Gasteiger partial charge in [-0.3, -0.25) is 4.99 Å². The molecule has 0 saturated heterocycles. The largest absolute Gasteiger partial charge is 0.394 e. The van der Waals surface area contributed by atoms with Crippen LogP contribution in [0.2, 0.25) is 0 Å². The summed E-state index contributed by atoms with van der Waals surface area (Å²) in [5.74, 6) is 0. The van der Waals surface area contributed by atoms with E-state index in [0.717, 1.165) is 12.1 Å². The van der Waals surface area contributed by atoms with E-state index in [2.05, 4.69) is 11.1 Å². The SMILES string of the molecule is OCCN=C1C=CC=CC1. The van der Waals surface area contributed by atoms with Gasteiger partial charge < -0.3 is 5.11 Å². The quantitative estimate of drug-likeness (QED) is 0.603. The molecule has 1 rings (SSSR count). The van der Waals surface area contributed by atoms with Crippen LogP contribution in [0.15, 0.2) is 29.3 Å². The van der Waals surface area contributed by atoms with Gasteiger partial charge in [0, 0.05) is 12.1 Å².